The molecule has 0 bridgehead atoms. The zero-order chi connectivity index (χ0) is 20.1. The average Bonchev–Trinajstić information content (AvgIpc) is 3.05. The molecule has 2 N–H and O–H groups in total. The Labute approximate surface area is 168 Å². The number of rotatable bonds is 7. The highest BCUT2D eigenvalue weighted by Gasteiger charge is 2.14. The zero-order valence-electron chi connectivity index (χ0n) is 15.5. The Hall–Kier alpha value is -3.05. The minimum Gasteiger partial charge on any atom is -0.481 e. The van der Waals surface area contributed by atoms with Crippen molar-refractivity contribution in [1.29, 1.82) is 0 Å². The Morgan fingerprint density at radius 1 is 1.00 bits per heavy atom. The van der Waals surface area contributed by atoms with E-state index in [0.717, 1.165) is 28.2 Å². The van der Waals surface area contributed by atoms with E-state index in [1.165, 1.54) is 0 Å². The van der Waals surface area contributed by atoms with E-state index in [9.17, 15) is 9.59 Å². The lowest BCUT2D eigenvalue weighted by Crippen LogP contribution is -2.21. The first kappa shape index (κ1) is 19.7. The van der Waals surface area contributed by atoms with Gasteiger partial charge in [0.05, 0.1) is 6.42 Å². The van der Waals surface area contributed by atoms with E-state index in [1.807, 2.05) is 60.0 Å². The van der Waals surface area contributed by atoms with Crippen LogP contribution in [0.4, 0.5) is 5.69 Å². The molecule has 1 amide bonds. The summed E-state index contributed by atoms with van der Waals surface area (Å²) in [5, 5.41) is 12.5. The highest BCUT2D eigenvalue weighted by molar-refractivity contribution is 6.30. The minimum absolute atomic E-state index is 0.00362. The van der Waals surface area contributed by atoms with Gasteiger partial charge in [-0.3, -0.25) is 9.59 Å². The predicted octanol–water partition coefficient (Wildman–Crippen LogP) is 4.77. The van der Waals surface area contributed by atoms with Crippen molar-refractivity contribution in [3.8, 4) is 11.3 Å². The number of carbonyl (C=O) groups excluding carboxylic acids is 1. The van der Waals surface area contributed by atoms with Crippen LogP contribution in [0.3, 0.4) is 0 Å². The normalized spacial score (nSPS) is 10.6. The molecule has 0 unspecified atom stereocenters. The standard InChI is InChI=1S/C22H21ClN2O3/c1-15-2-8-18(9-3-15)24-21(26)14-25-19(11-13-22(27)28)10-12-20(25)16-4-6-17(23)7-5-16/h2-10,12H,11,13-14H2,1H3,(H,24,26)(H,27,28). The van der Waals surface area contributed by atoms with Gasteiger partial charge >= 0.3 is 5.97 Å². The summed E-state index contributed by atoms with van der Waals surface area (Å²) in [6.45, 7) is 2.08. The van der Waals surface area contributed by atoms with Crippen LogP contribution >= 0.6 is 11.6 Å². The minimum atomic E-state index is -0.870. The molecule has 28 heavy (non-hydrogen) atoms. The summed E-state index contributed by atoms with van der Waals surface area (Å²) in [5.41, 5.74) is 4.39. The monoisotopic (exact) mass is 396 g/mol. The molecule has 0 saturated heterocycles. The van der Waals surface area contributed by atoms with Gasteiger partial charge in [-0.2, -0.15) is 0 Å². The van der Waals surface area contributed by atoms with Crippen molar-refractivity contribution in [1.82, 2.24) is 4.57 Å². The number of carboxylic acids is 1. The van der Waals surface area contributed by atoms with E-state index < -0.39 is 5.97 Å². The van der Waals surface area contributed by atoms with Gasteiger partial charge < -0.3 is 15.0 Å². The molecular weight excluding hydrogens is 376 g/mol. The topological polar surface area (TPSA) is 71.3 Å². The molecule has 0 spiro atoms. The molecule has 1 heterocycles. The molecular formula is C22H21ClN2O3. The number of nitrogens with one attached hydrogen (secondary N) is 1. The number of hydrogen-bond acceptors (Lipinski definition) is 2. The number of benzene rings is 2. The van der Waals surface area contributed by atoms with Crippen LogP contribution in [-0.4, -0.2) is 21.6 Å². The summed E-state index contributed by atoms with van der Waals surface area (Å²) in [7, 11) is 0. The van der Waals surface area contributed by atoms with Crippen LogP contribution in [0.25, 0.3) is 11.3 Å². The van der Waals surface area contributed by atoms with Crippen LogP contribution < -0.4 is 5.32 Å². The number of hydrogen-bond donors (Lipinski definition) is 2. The molecule has 3 rings (SSSR count). The molecule has 1 aromatic heterocycles. The van der Waals surface area contributed by atoms with Crippen molar-refractivity contribution < 1.29 is 14.7 Å². The first-order valence-corrected chi connectivity index (χ1v) is 9.33. The van der Waals surface area contributed by atoms with E-state index in [2.05, 4.69) is 5.32 Å². The first-order chi connectivity index (χ1) is 13.4. The Morgan fingerprint density at radius 2 is 1.68 bits per heavy atom. The Balaban J connectivity index is 1.86. The number of halogens is 1. The maximum absolute atomic E-state index is 12.6. The third-order valence-corrected chi connectivity index (χ3v) is 4.70. The molecule has 0 aliphatic carbocycles. The van der Waals surface area contributed by atoms with Crippen LogP contribution in [0, 0.1) is 6.92 Å². The van der Waals surface area contributed by atoms with Crippen LogP contribution in [0.1, 0.15) is 17.7 Å². The smallest absolute Gasteiger partial charge is 0.303 e. The molecule has 0 aliphatic heterocycles. The quantitative estimate of drug-likeness (QED) is 0.604. The Morgan fingerprint density at radius 3 is 2.32 bits per heavy atom. The average molecular weight is 397 g/mol. The molecule has 0 fully saturated rings. The maximum atomic E-state index is 12.6. The molecule has 5 nitrogen and oxygen atoms in total. The molecule has 0 radical (unpaired) electrons. The van der Waals surface area contributed by atoms with Gasteiger partial charge in [0, 0.05) is 22.1 Å². The third-order valence-electron chi connectivity index (χ3n) is 4.44. The summed E-state index contributed by atoms with van der Waals surface area (Å²) in [6, 6.07) is 18.7. The fraction of sp³-hybridized carbons (Fsp3) is 0.182. The highest BCUT2D eigenvalue weighted by Crippen LogP contribution is 2.25. The van der Waals surface area contributed by atoms with Gasteiger partial charge in [-0.05, 0) is 55.3 Å². The van der Waals surface area contributed by atoms with Gasteiger partial charge in [0.15, 0.2) is 0 Å². The van der Waals surface area contributed by atoms with Crippen molar-refractivity contribution in [2.45, 2.75) is 26.3 Å². The fourth-order valence-electron chi connectivity index (χ4n) is 3.00. The number of aryl methyl sites for hydroxylation is 2. The predicted molar refractivity (Wildman–Crippen MR) is 111 cm³/mol. The Kier molecular flexibility index (Phi) is 6.16. The molecule has 3 aromatic rings. The van der Waals surface area contributed by atoms with Gasteiger partial charge in [-0.25, -0.2) is 0 Å². The fourth-order valence-corrected chi connectivity index (χ4v) is 3.13. The maximum Gasteiger partial charge on any atom is 0.303 e. The summed E-state index contributed by atoms with van der Waals surface area (Å²) < 4.78 is 1.86. The molecule has 2 aromatic carbocycles. The number of aliphatic carboxylic acids is 1. The molecule has 0 saturated carbocycles. The summed E-state index contributed by atoms with van der Waals surface area (Å²) >= 11 is 5.98. The lowest BCUT2D eigenvalue weighted by Gasteiger charge is -2.14. The van der Waals surface area contributed by atoms with Crippen molar-refractivity contribution in [3.63, 3.8) is 0 Å². The molecule has 0 atom stereocenters. The van der Waals surface area contributed by atoms with Crippen molar-refractivity contribution in [2.75, 3.05) is 5.32 Å². The van der Waals surface area contributed by atoms with E-state index in [0.29, 0.717) is 11.4 Å². The largest absolute Gasteiger partial charge is 0.481 e. The Bertz CT molecular complexity index is 976. The van der Waals surface area contributed by atoms with Crippen molar-refractivity contribution in [3.05, 3.63) is 76.9 Å². The highest BCUT2D eigenvalue weighted by atomic mass is 35.5. The number of anilines is 1. The third kappa shape index (κ3) is 5.02. The van der Waals surface area contributed by atoms with Crippen LogP contribution in [0.2, 0.25) is 5.02 Å². The number of aromatic nitrogens is 1. The van der Waals surface area contributed by atoms with E-state index in [-0.39, 0.29) is 18.9 Å². The van der Waals surface area contributed by atoms with Crippen LogP contribution in [-0.2, 0) is 22.6 Å². The van der Waals surface area contributed by atoms with Gasteiger partial charge in [-0.1, -0.05) is 41.4 Å². The van der Waals surface area contributed by atoms with E-state index >= 15 is 0 Å². The number of amides is 1. The van der Waals surface area contributed by atoms with Gasteiger partial charge in [0.25, 0.3) is 0 Å². The molecule has 0 aliphatic rings. The number of carbonyl (C=O) groups is 2. The number of carboxylic acid groups (broad SMARTS) is 1. The van der Waals surface area contributed by atoms with Crippen molar-refractivity contribution >= 4 is 29.2 Å². The lowest BCUT2D eigenvalue weighted by atomic mass is 10.1. The molecule has 6 heteroatoms. The van der Waals surface area contributed by atoms with Gasteiger partial charge in [0.2, 0.25) is 5.91 Å². The van der Waals surface area contributed by atoms with Crippen LogP contribution in [0.15, 0.2) is 60.7 Å². The summed E-state index contributed by atoms with van der Waals surface area (Å²) in [5.74, 6) is -1.04. The second kappa shape index (κ2) is 8.76. The van der Waals surface area contributed by atoms with Crippen molar-refractivity contribution in [2.24, 2.45) is 0 Å². The summed E-state index contributed by atoms with van der Waals surface area (Å²) in [6.07, 6.45) is 0.352. The molecule has 144 valence electrons. The summed E-state index contributed by atoms with van der Waals surface area (Å²) in [4.78, 5) is 23.6. The zero-order valence-corrected chi connectivity index (χ0v) is 16.2. The second-order valence-corrected chi connectivity index (χ2v) is 7.05. The van der Waals surface area contributed by atoms with Gasteiger partial charge in [-0.15, -0.1) is 0 Å². The van der Waals surface area contributed by atoms with E-state index in [4.69, 9.17) is 16.7 Å². The van der Waals surface area contributed by atoms with E-state index in [1.54, 1.807) is 12.1 Å². The number of nitrogens with zero attached hydrogens (tertiary/aromatic N) is 1. The van der Waals surface area contributed by atoms with Crippen LogP contribution in [0.5, 0.6) is 0 Å². The lowest BCUT2D eigenvalue weighted by molar-refractivity contribution is -0.137. The SMILES string of the molecule is Cc1ccc(NC(=O)Cn2c(CCC(=O)O)ccc2-c2ccc(Cl)cc2)cc1. The second-order valence-electron chi connectivity index (χ2n) is 6.61. The first-order valence-electron chi connectivity index (χ1n) is 8.95. The van der Waals surface area contributed by atoms with Gasteiger partial charge in [0.1, 0.15) is 6.54 Å².